The molecule has 0 atom stereocenters. The van der Waals surface area contributed by atoms with Gasteiger partial charge in [-0.25, -0.2) is 0 Å². The fourth-order valence-electron chi connectivity index (χ4n) is 1.76. The van der Waals surface area contributed by atoms with Crippen molar-refractivity contribution in [1.82, 2.24) is 0 Å². The Morgan fingerprint density at radius 3 is 2.33 bits per heavy atom. The standard InChI is InChI=1S/C15H14BrClN2OS/c1-9-7-10(3-5-12(9)16)18-15(21)19-11-4-6-14(20-2)13(17)8-11/h3-8H,1-2H3,(H2,18,19,21). The van der Waals surface area contributed by atoms with Gasteiger partial charge < -0.3 is 15.4 Å². The summed E-state index contributed by atoms with van der Waals surface area (Å²) in [5.74, 6) is 0.629. The minimum absolute atomic E-state index is 0.498. The van der Waals surface area contributed by atoms with E-state index >= 15 is 0 Å². The molecule has 21 heavy (non-hydrogen) atoms. The van der Waals surface area contributed by atoms with E-state index in [2.05, 4.69) is 26.6 Å². The molecule has 0 fully saturated rings. The van der Waals surface area contributed by atoms with Crippen LogP contribution in [0.25, 0.3) is 0 Å². The number of halogens is 2. The fraction of sp³-hybridized carbons (Fsp3) is 0.133. The Kier molecular flexibility index (Phi) is 5.45. The molecule has 0 saturated carbocycles. The Morgan fingerprint density at radius 1 is 1.14 bits per heavy atom. The van der Waals surface area contributed by atoms with E-state index in [9.17, 15) is 0 Å². The maximum absolute atomic E-state index is 6.08. The van der Waals surface area contributed by atoms with Gasteiger partial charge in [-0.05, 0) is 61.1 Å². The lowest BCUT2D eigenvalue weighted by Gasteiger charge is -2.12. The zero-order valence-corrected chi connectivity index (χ0v) is 14.7. The van der Waals surface area contributed by atoms with Crippen molar-refractivity contribution in [2.75, 3.05) is 17.7 Å². The van der Waals surface area contributed by atoms with Crippen molar-refractivity contribution < 1.29 is 4.74 Å². The van der Waals surface area contributed by atoms with Gasteiger partial charge in [-0.1, -0.05) is 27.5 Å². The molecule has 0 saturated heterocycles. The first-order valence-corrected chi connectivity index (χ1v) is 7.75. The summed E-state index contributed by atoms with van der Waals surface area (Å²) >= 11 is 14.8. The number of aryl methyl sites for hydroxylation is 1. The Bertz CT molecular complexity index is 679. The number of benzene rings is 2. The highest BCUT2D eigenvalue weighted by Gasteiger charge is 2.04. The third-order valence-corrected chi connectivity index (χ3v) is 4.21. The third kappa shape index (κ3) is 4.33. The van der Waals surface area contributed by atoms with Crippen LogP contribution in [0.2, 0.25) is 5.02 Å². The molecule has 0 aliphatic carbocycles. The predicted octanol–water partition coefficient (Wildman–Crippen LogP) is 5.23. The van der Waals surface area contributed by atoms with Crippen LogP contribution in [0.1, 0.15) is 5.56 Å². The first-order chi connectivity index (χ1) is 9.99. The molecule has 6 heteroatoms. The number of hydrogen-bond acceptors (Lipinski definition) is 2. The van der Waals surface area contributed by atoms with E-state index < -0.39 is 0 Å². The molecule has 110 valence electrons. The van der Waals surface area contributed by atoms with E-state index in [1.54, 1.807) is 19.2 Å². The molecule has 0 aromatic heterocycles. The summed E-state index contributed by atoms with van der Waals surface area (Å²) < 4.78 is 6.18. The van der Waals surface area contributed by atoms with Crippen LogP contribution < -0.4 is 15.4 Å². The average molecular weight is 386 g/mol. The molecule has 2 rings (SSSR count). The van der Waals surface area contributed by atoms with Crippen LogP contribution in [-0.4, -0.2) is 12.2 Å². The second-order valence-electron chi connectivity index (χ2n) is 4.39. The van der Waals surface area contributed by atoms with Crippen molar-refractivity contribution >= 4 is 56.2 Å². The minimum Gasteiger partial charge on any atom is -0.495 e. The van der Waals surface area contributed by atoms with Crippen LogP contribution in [0.15, 0.2) is 40.9 Å². The van der Waals surface area contributed by atoms with Gasteiger partial charge in [0.2, 0.25) is 0 Å². The topological polar surface area (TPSA) is 33.3 Å². The van der Waals surface area contributed by atoms with Crippen molar-refractivity contribution in [2.45, 2.75) is 6.92 Å². The van der Waals surface area contributed by atoms with Crippen LogP contribution in [0.3, 0.4) is 0 Å². The Hall–Kier alpha value is -1.30. The molecule has 3 nitrogen and oxygen atoms in total. The lowest BCUT2D eigenvalue weighted by molar-refractivity contribution is 0.415. The molecule has 2 aromatic rings. The van der Waals surface area contributed by atoms with Crippen LogP contribution >= 0.6 is 39.7 Å². The molecule has 0 unspecified atom stereocenters. The van der Waals surface area contributed by atoms with E-state index in [0.29, 0.717) is 15.9 Å². The largest absolute Gasteiger partial charge is 0.495 e. The van der Waals surface area contributed by atoms with Gasteiger partial charge in [0.25, 0.3) is 0 Å². The molecule has 0 heterocycles. The second kappa shape index (κ2) is 7.11. The number of ether oxygens (including phenoxy) is 1. The molecule has 0 radical (unpaired) electrons. The predicted molar refractivity (Wildman–Crippen MR) is 96.7 cm³/mol. The number of methoxy groups -OCH3 is 1. The number of anilines is 2. The van der Waals surface area contributed by atoms with Crippen molar-refractivity contribution in [2.24, 2.45) is 0 Å². The fourth-order valence-corrected chi connectivity index (χ4v) is 2.50. The third-order valence-electron chi connectivity index (χ3n) is 2.83. The van der Waals surface area contributed by atoms with Crippen LogP contribution in [-0.2, 0) is 0 Å². The molecule has 0 aliphatic heterocycles. The van der Waals surface area contributed by atoms with E-state index in [0.717, 1.165) is 21.4 Å². The number of hydrogen-bond donors (Lipinski definition) is 2. The summed E-state index contributed by atoms with van der Waals surface area (Å²) in [5, 5.41) is 7.25. The summed E-state index contributed by atoms with van der Waals surface area (Å²) in [6, 6.07) is 11.3. The van der Waals surface area contributed by atoms with Crippen LogP contribution in [0.4, 0.5) is 11.4 Å². The zero-order valence-electron chi connectivity index (χ0n) is 11.5. The van der Waals surface area contributed by atoms with Crippen LogP contribution in [0, 0.1) is 6.92 Å². The van der Waals surface area contributed by atoms with Gasteiger partial charge in [0.1, 0.15) is 5.75 Å². The van der Waals surface area contributed by atoms with E-state index in [-0.39, 0.29) is 0 Å². The molecule has 0 bridgehead atoms. The summed E-state index contributed by atoms with van der Waals surface area (Å²) in [6.07, 6.45) is 0. The van der Waals surface area contributed by atoms with Crippen molar-refractivity contribution in [3.8, 4) is 5.75 Å². The van der Waals surface area contributed by atoms with Gasteiger partial charge in [0, 0.05) is 15.8 Å². The lowest BCUT2D eigenvalue weighted by atomic mass is 10.2. The second-order valence-corrected chi connectivity index (χ2v) is 6.06. The Balaban J connectivity index is 2.04. The maximum Gasteiger partial charge on any atom is 0.175 e. The molecule has 0 aliphatic rings. The van der Waals surface area contributed by atoms with Gasteiger partial charge in [-0.15, -0.1) is 0 Å². The van der Waals surface area contributed by atoms with Crippen molar-refractivity contribution in [3.63, 3.8) is 0 Å². The average Bonchev–Trinajstić information content (AvgIpc) is 2.43. The summed E-state index contributed by atoms with van der Waals surface area (Å²) in [5.41, 5.74) is 2.86. The van der Waals surface area contributed by atoms with Gasteiger partial charge >= 0.3 is 0 Å². The molecular formula is C15H14BrClN2OS. The Labute approximate surface area is 142 Å². The van der Waals surface area contributed by atoms with Crippen molar-refractivity contribution in [1.29, 1.82) is 0 Å². The van der Waals surface area contributed by atoms with Gasteiger partial charge in [0.05, 0.1) is 12.1 Å². The number of nitrogens with one attached hydrogen (secondary N) is 2. The number of rotatable bonds is 3. The van der Waals surface area contributed by atoms with Crippen LogP contribution in [0.5, 0.6) is 5.75 Å². The quantitative estimate of drug-likeness (QED) is 0.709. The van der Waals surface area contributed by atoms with E-state index in [1.165, 1.54) is 0 Å². The normalized spacial score (nSPS) is 10.1. The molecular weight excluding hydrogens is 372 g/mol. The van der Waals surface area contributed by atoms with Gasteiger partial charge in [-0.3, -0.25) is 0 Å². The molecule has 2 aromatic carbocycles. The van der Waals surface area contributed by atoms with Crippen molar-refractivity contribution in [3.05, 3.63) is 51.5 Å². The van der Waals surface area contributed by atoms with E-state index in [1.807, 2.05) is 31.2 Å². The minimum atomic E-state index is 0.498. The van der Waals surface area contributed by atoms with Gasteiger partial charge in [0.15, 0.2) is 5.11 Å². The highest BCUT2D eigenvalue weighted by molar-refractivity contribution is 9.10. The monoisotopic (exact) mass is 384 g/mol. The smallest absolute Gasteiger partial charge is 0.175 e. The zero-order chi connectivity index (χ0) is 15.4. The Morgan fingerprint density at radius 2 is 1.76 bits per heavy atom. The summed E-state index contributed by atoms with van der Waals surface area (Å²) in [7, 11) is 1.58. The maximum atomic E-state index is 6.08. The summed E-state index contributed by atoms with van der Waals surface area (Å²) in [6.45, 7) is 2.02. The lowest BCUT2D eigenvalue weighted by Crippen LogP contribution is -2.19. The highest BCUT2D eigenvalue weighted by atomic mass is 79.9. The molecule has 0 spiro atoms. The number of thiocarbonyl (C=S) groups is 1. The molecule has 2 N–H and O–H groups in total. The molecule has 0 amide bonds. The summed E-state index contributed by atoms with van der Waals surface area (Å²) in [4.78, 5) is 0. The van der Waals surface area contributed by atoms with Gasteiger partial charge in [-0.2, -0.15) is 0 Å². The first-order valence-electron chi connectivity index (χ1n) is 6.17. The highest BCUT2D eigenvalue weighted by Crippen LogP contribution is 2.27. The SMILES string of the molecule is COc1ccc(NC(=S)Nc2ccc(Br)c(C)c2)cc1Cl. The van der Waals surface area contributed by atoms with E-state index in [4.69, 9.17) is 28.6 Å². The first kappa shape index (κ1) is 16.1.